The molecule has 5 nitrogen and oxygen atoms in total. The van der Waals surface area contributed by atoms with Crippen molar-refractivity contribution in [2.24, 2.45) is 0 Å². The molecular formula is C19H24N3O2S+. The molecule has 1 aromatic carbocycles. The minimum Gasteiger partial charge on any atom is -0.336 e. The summed E-state index contributed by atoms with van der Waals surface area (Å²) in [5.74, 6) is -0.137. The van der Waals surface area contributed by atoms with Gasteiger partial charge in [0, 0.05) is 18.7 Å². The summed E-state index contributed by atoms with van der Waals surface area (Å²) in [7, 11) is 0. The summed E-state index contributed by atoms with van der Waals surface area (Å²) in [5, 5.41) is 6.79. The number of nitrogens with zero attached hydrogens (tertiary/aromatic N) is 1. The number of benzene rings is 1. The molecule has 0 unspecified atom stereocenters. The lowest BCUT2D eigenvalue weighted by Crippen LogP contribution is -2.92. The van der Waals surface area contributed by atoms with Gasteiger partial charge in [0.1, 0.15) is 6.04 Å². The maximum atomic E-state index is 12.6. The van der Waals surface area contributed by atoms with Gasteiger partial charge in [0.25, 0.3) is 5.91 Å². The maximum absolute atomic E-state index is 12.6. The second-order valence-electron chi connectivity index (χ2n) is 6.29. The average molecular weight is 358 g/mol. The van der Waals surface area contributed by atoms with Gasteiger partial charge in [-0.3, -0.25) is 9.69 Å². The number of hydrogen-bond donors (Lipinski definition) is 2. The normalized spacial score (nSPS) is 16.6. The maximum Gasteiger partial charge on any atom is 0.324 e. The van der Waals surface area contributed by atoms with Gasteiger partial charge in [-0.05, 0) is 30.4 Å². The largest absolute Gasteiger partial charge is 0.336 e. The lowest BCUT2D eigenvalue weighted by molar-refractivity contribution is -0.704. The molecule has 1 aliphatic rings. The molecule has 0 saturated carbocycles. The van der Waals surface area contributed by atoms with Gasteiger partial charge in [0.05, 0.1) is 4.88 Å². The van der Waals surface area contributed by atoms with Crippen molar-refractivity contribution in [2.45, 2.75) is 32.4 Å². The minimum atomic E-state index is -0.332. The molecule has 0 spiro atoms. The summed E-state index contributed by atoms with van der Waals surface area (Å²) in [5.41, 5.74) is 2.47. The number of thiophene rings is 1. The van der Waals surface area contributed by atoms with Crippen LogP contribution in [-0.2, 0) is 11.2 Å². The van der Waals surface area contributed by atoms with Crippen LogP contribution in [0.15, 0.2) is 41.8 Å². The van der Waals surface area contributed by atoms with E-state index in [9.17, 15) is 9.59 Å². The fraction of sp³-hybridized carbons (Fsp3) is 0.368. The molecule has 1 fully saturated rings. The summed E-state index contributed by atoms with van der Waals surface area (Å²) in [6, 6.07) is 12.1. The Balaban J connectivity index is 1.80. The third-order valence-electron chi connectivity index (χ3n) is 4.59. The van der Waals surface area contributed by atoms with Gasteiger partial charge in [-0.15, -0.1) is 11.3 Å². The Kier molecular flexibility index (Phi) is 5.50. The third kappa shape index (κ3) is 3.91. The van der Waals surface area contributed by atoms with E-state index in [1.165, 1.54) is 20.9 Å². The summed E-state index contributed by atoms with van der Waals surface area (Å²) in [6.07, 6.45) is 1.01. The molecule has 0 radical (unpaired) electrons. The van der Waals surface area contributed by atoms with Gasteiger partial charge in [-0.2, -0.15) is 0 Å². The van der Waals surface area contributed by atoms with Crippen LogP contribution in [0.4, 0.5) is 4.79 Å². The molecule has 0 aliphatic carbocycles. The number of urea groups is 1. The Bertz CT molecular complexity index is 728. The van der Waals surface area contributed by atoms with Gasteiger partial charge >= 0.3 is 6.03 Å². The summed E-state index contributed by atoms with van der Waals surface area (Å²) in [6.45, 7) is 4.99. The highest BCUT2D eigenvalue weighted by molar-refractivity contribution is 7.10. The van der Waals surface area contributed by atoms with Crippen LogP contribution in [-0.4, -0.2) is 36.0 Å². The Morgan fingerprint density at radius 3 is 2.64 bits per heavy atom. The highest BCUT2D eigenvalue weighted by Gasteiger charge is 2.33. The number of rotatable bonds is 6. The number of amides is 3. The first-order chi connectivity index (χ1) is 12.1. The van der Waals surface area contributed by atoms with Crippen LogP contribution in [0.5, 0.6) is 0 Å². The van der Waals surface area contributed by atoms with Crippen LogP contribution in [0.2, 0.25) is 0 Å². The predicted octanol–water partition coefficient (Wildman–Crippen LogP) is 1.90. The van der Waals surface area contributed by atoms with Gasteiger partial charge in [-0.1, -0.05) is 37.3 Å². The monoisotopic (exact) mass is 358 g/mol. The van der Waals surface area contributed by atoms with E-state index in [-0.39, 0.29) is 24.0 Å². The average Bonchev–Trinajstić information content (AvgIpc) is 3.30. The highest BCUT2D eigenvalue weighted by atomic mass is 32.1. The quantitative estimate of drug-likeness (QED) is 0.828. The Hall–Kier alpha value is -2.18. The zero-order valence-corrected chi connectivity index (χ0v) is 15.4. The first-order valence-corrected chi connectivity index (χ1v) is 9.54. The van der Waals surface area contributed by atoms with Crippen molar-refractivity contribution in [3.8, 4) is 0 Å². The molecule has 3 amide bonds. The lowest BCUT2D eigenvalue weighted by atomic mass is 10.0. The molecule has 6 heteroatoms. The van der Waals surface area contributed by atoms with Crippen LogP contribution in [0.25, 0.3) is 0 Å². The predicted molar refractivity (Wildman–Crippen MR) is 98.5 cm³/mol. The number of nitrogens with one attached hydrogen (secondary N) is 1. The van der Waals surface area contributed by atoms with E-state index in [2.05, 4.69) is 53.3 Å². The Labute approximate surface area is 152 Å². The van der Waals surface area contributed by atoms with E-state index in [0.29, 0.717) is 13.1 Å². The molecule has 3 N–H and O–H groups in total. The van der Waals surface area contributed by atoms with Crippen LogP contribution < -0.4 is 10.6 Å². The third-order valence-corrected chi connectivity index (χ3v) is 5.55. The Morgan fingerprint density at radius 1 is 1.32 bits per heavy atom. The van der Waals surface area contributed by atoms with E-state index >= 15 is 0 Å². The topological polar surface area (TPSA) is 66.0 Å². The van der Waals surface area contributed by atoms with Crippen LogP contribution in [0, 0.1) is 0 Å². The lowest BCUT2D eigenvalue weighted by Gasteiger charge is -2.22. The second-order valence-corrected chi connectivity index (χ2v) is 7.27. The number of hydrogen-bond acceptors (Lipinski definition) is 3. The molecule has 25 heavy (non-hydrogen) atoms. The number of imide groups is 1. The first-order valence-electron chi connectivity index (χ1n) is 8.66. The summed E-state index contributed by atoms with van der Waals surface area (Å²) in [4.78, 5) is 26.9. The smallest absolute Gasteiger partial charge is 0.324 e. The number of aryl methyl sites for hydroxylation is 1. The van der Waals surface area contributed by atoms with Crippen molar-refractivity contribution in [2.75, 3.05) is 13.1 Å². The van der Waals surface area contributed by atoms with Crippen LogP contribution in [0.3, 0.4) is 0 Å². The van der Waals surface area contributed by atoms with Crippen LogP contribution >= 0.6 is 11.3 Å². The molecule has 1 aliphatic heterocycles. The van der Waals surface area contributed by atoms with E-state index in [1.807, 2.05) is 13.0 Å². The van der Waals surface area contributed by atoms with E-state index in [0.717, 1.165) is 6.42 Å². The van der Waals surface area contributed by atoms with Crippen molar-refractivity contribution in [3.63, 3.8) is 0 Å². The van der Waals surface area contributed by atoms with E-state index in [4.69, 9.17) is 0 Å². The zero-order chi connectivity index (χ0) is 17.8. The number of nitrogens with two attached hydrogens (primary N) is 1. The van der Waals surface area contributed by atoms with Crippen molar-refractivity contribution < 1.29 is 14.9 Å². The van der Waals surface area contributed by atoms with Crippen molar-refractivity contribution in [3.05, 3.63) is 57.8 Å². The number of carbonyl (C=O) groups excluding carboxylic acids is 2. The fourth-order valence-corrected chi connectivity index (χ4v) is 3.93. The fourth-order valence-electron chi connectivity index (χ4n) is 3.10. The van der Waals surface area contributed by atoms with Gasteiger partial charge in [-0.25, -0.2) is 4.79 Å². The van der Waals surface area contributed by atoms with Gasteiger partial charge in [0.15, 0.2) is 6.04 Å². The van der Waals surface area contributed by atoms with Gasteiger partial charge < -0.3 is 10.6 Å². The molecule has 1 saturated heterocycles. The number of quaternary nitrogens is 1. The number of carbonyl (C=O) groups is 2. The zero-order valence-electron chi connectivity index (χ0n) is 14.6. The van der Waals surface area contributed by atoms with Crippen LogP contribution in [0.1, 0.15) is 35.9 Å². The standard InChI is InChI=1S/C19H23N3O2S/c1-3-14-6-8-15(9-7-14)17(16-5-4-12-25-16)21-13(2)18(23)22-11-10-20-19(22)24/h4-9,12-13,17,21H,3,10-11H2,1-2H3,(H,20,24)/p+1/t13-,17-/m1/s1. The summed E-state index contributed by atoms with van der Waals surface area (Å²) < 4.78 is 0. The molecule has 132 valence electrons. The molecule has 3 rings (SSSR count). The highest BCUT2D eigenvalue weighted by Crippen LogP contribution is 2.23. The van der Waals surface area contributed by atoms with E-state index < -0.39 is 0 Å². The molecule has 0 bridgehead atoms. The van der Waals surface area contributed by atoms with Crippen molar-refractivity contribution in [1.82, 2.24) is 10.2 Å². The molecule has 2 aromatic rings. The molecular weight excluding hydrogens is 334 g/mol. The van der Waals surface area contributed by atoms with E-state index in [1.54, 1.807) is 11.3 Å². The molecule has 2 atom stereocenters. The molecule has 1 aromatic heterocycles. The van der Waals surface area contributed by atoms with Crippen molar-refractivity contribution >= 4 is 23.3 Å². The van der Waals surface area contributed by atoms with Gasteiger partial charge in [0.2, 0.25) is 0 Å². The summed E-state index contributed by atoms with van der Waals surface area (Å²) >= 11 is 1.69. The Morgan fingerprint density at radius 2 is 2.08 bits per heavy atom. The van der Waals surface area contributed by atoms with Crippen molar-refractivity contribution in [1.29, 1.82) is 0 Å². The minimum absolute atomic E-state index is 0.0514. The first kappa shape index (κ1) is 17.6. The molecule has 2 heterocycles. The SMILES string of the molecule is CCc1ccc([C@@H]([NH2+][C@H](C)C(=O)N2CCNC2=O)c2cccs2)cc1. The second kappa shape index (κ2) is 7.80.